The fourth-order valence-electron chi connectivity index (χ4n) is 4.22. The van der Waals surface area contributed by atoms with Crippen molar-refractivity contribution in [2.45, 2.75) is 24.9 Å². The van der Waals surface area contributed by atoms with Gasteiger partial charge in [0.15, 0.2) is 0 Å². The summed E-state index contributed by atoms with van der Waals surface area (Å²) >= 11 is 0. The van der Waals surface area contributed by atoms with E-state index in [1.54, 1.807) is 12.1 Å². The summed E-state index contributed by atoms with van der Waals surface area (Å²) in [5, 5.41) is 6.39. The number of anilines is 1. The third kappa shape index (κ3) is 5.89. The highest BCUT2D eigenvalue weighted by molar-refractivity contribution is 5.92. The Kier molecular flexibility index (Phi) is 7.29. The largest absolute Gasteiger partial charge is 0.381 e. The Morgan fingerprint density at radius 1 is 0.935 bits per heavy atom. The first kappa shape index (κ1) is 21.9. The van der Waals surface area contributed by atoms with Crippen LogP contribution in [0.15, 0.2) is 48.5 Å². The van der Waals surface area contributed by atoms with Crippen molar-refractivity contribution in [1.29, 1.82) is 0 Å². The fraction of sp³-hybridized carbons (Fsp3) is 0.458. The first-order valence-electron chi connectivity index (χ1n) is 10.9. The molecule has 2 heterocycles. The molecule has 2 aromatic carbocycles. The van der Waals surface area contributed by atoms with E-state index in [4.69, 9.17) is 9.47 Å². The second-order valence-corrected chi connectivity index (χ2v) is 8.19. The number of amides is 1. The molecule has 0 unspecified atom stereocenters. The zero-order valence-electron chi connectivity index (χ0n) is 17.7. The van der Waals surface area contributed by atoms with E-state index in [1.165, 1.54) is 17.7 Å². The highest BCUT2D eigenvalue weighted by Crippen LogP contribution is 2.32. The van der Waals surface area contributed by atoms with Gasteiger partial charge in [-0.3, -0.25) is 15.0 Å². The van der Waals surface area contributed by atoms with E-state index in [9.17, 15) is 9.18 Å². The summed E-state index contributed by atoms with van der Waals surface area (Å²) < 4.78 is 24.3. The smallest absolute Gasteiger partial charge is 0.238 e. The number of nitrogens with zero attached hydrogens (tertiary/aromatic N) is 1. The molecule has 2 aliphatic heterocycles. The number of rotatable bonds is 7. The van der Waals surface area contributed by atoms with Crippen LogP contribution in [0.1, 0.15) is 24.0 Å². The summed E-state index contributed by atoms with van der Waals surface area (Å²) in [6.07, 6.45) is 1.48. The van der Waals surface area contributed by atoms with Gasteiger partial charge in [-0.1, -0.05) is 24.3 Å². The standard InChI is InChI=1S/C24H30FN3O3/c25-21-5-3-20(4-6-21)24(9-13-30-14-10-24)26-17-23(29)27-22-7-1-19(2-8-22)18-28-11-15-31-16-12-28/h1-8,26H,9-18H2,(H,27,29). The second kappa shape index (κ2) is 10.3. The molecule has 4 rings (SSSR count). The highest BCUT2D eigenvalue weighted by atomic mass is 19.1. The van der Waals surface area contributed by atoms with Gasteiger partial charge in [-0.05, 0) is 48.2 Å². The third-order valence-corrected chi connectivity index (χ3v) is 6.08. The maximum atomic E-state index is 13.4. The fourth-order valence-corrected chi connectivity index (χ4v) is 4.22. The molecule has 0 aromatic heterocycles. The molecule has 0 radical (unpaired) electrons. The summed E-state index contributed by atoms with van der Waals surface area (Å²) in [5.41, 5.74) is 2.60. The lowest BCUT2D eigenvalue weighted by molar-refractivity contribution is -0.116. The van der Waals surface area contributed by atoms with Crippen LogP contribution in [0.25, 0.3) is 0 Å². The normalized spacial score (nSPS) is 19.1. The number of hydrogen-bond donors (Lipinski definition) is 2. The van der Waals surface area contributed by atoms with Gasteiger partial charge in [0.1, 0.15) is 5.82 Å². The van der Waals surface area contributed by atoms with Crippen LogP contribution in [0, 0.1) is 5.82 Å². The summed E-state index contributed by atoms with van der Waals surface area (Å²) in [6.45, 7) is 5.75. The van der Waals surface area contributed by atoms with Crippen molar-refractivity contribution in [3.63, 3.8) is 0 Å². The topological polar surface area (TPSA) is 62.8 Å². The molecule has 0 spiro atoms. The Morgan fingerprint density at radius 2 is 1.58 bits per heavy atom. The molecule has 31 heavy (non-hydrogen) atoms. The minimum Gasteiger partial charge on any atom is -0.381 e. The quantitative estimate of drug-likeness (QED) is 0.712. The molecule has 2 aromatic rings. The zero-order chi connectivity index (χ0) is 21.5. The van der Waals surface area contributed by atoms with Gasteiger partial charge in [-0.25, -0.2) is 4.39 Å². The van der Waals surface area contributed by atoms with Gasteiger partial charge < -0.3 is 14.8 Å². The van der Waals surface area contributed by atoms with Crippen molar-refractivity contribution < 1.29 is 18.7 Å². The van der Waals surface area contributed by atoms with Gasteiger partial charge in [0.05, 0.1) is 19.8 Å². The zero-order valence-corrected chi connectivity index (χ0v) is 17.7. The first-order valence-corrected chi connectivity index (χ1v) is 10.9. The summed E-state index contributed by atoms with van der Waals surface area (Å²) in [6, 6.07) is 14.5. The molecule has 2 N–H and O–H groups in total. The van der Waals surface area contributed by atoms with Gasteiger partial charge >= 0.3 is 0 Å². The number of benzene rings is 2. The van der Waals surface area contributed by atoms with Gasteiger partial charge in [0, 0.05) is 44.1 Å². The molecular weight excluding hydrogens is 397 g/mol. The van der Waals surface area contributed by atoms with E-state index in [1.807, 2.05) is 12.1 Å². The Morgan fingerprint density at radius 3 is 2.26 bits per heavy atom. The van der Waals surface area contributed by atoms with Crippen LogP contribution in [0.2, 0.25) is 0 Å². The van der Waals surface area contributed by atoms with Crippen molar-refractivity contribution in [2.24, 2.45) is 0 Å². The SMILES string of the molecule is O=C(CNC1(c2ccc(F)cc2)CCOCC1)Nc1ccc(CN2CCOCC2)cc1. The van der Waals surface area contributed by atoms with E-state index >= 15 is 0 Å². The molecule has 7 heteroatoms. The Labute approximate surface area is 182 Å². The molecule has 2 aliphatic rings. The molecule has 1 amide bonds. The number of hydrogen-bond acceptors (Lipinski definition) is 5. The van der Waals surface area contributed by atoms with E-state index < -0.39 is 0 Å². The second-order valence-electron chi connectivity index (χ2n) is 8.19. The summed E-state index contributed by atoms with van der Waals surface area (Å²) in [5.74, 6) is -0.366. The lowest BCUT2D eigenvalue weighted by Crippen LogP contribution is -2.49. The number of nitrogens with one attached hydrogen (secondary N) is 2. The number of ether oxygens (including phenoxy) is 2. The van der Waals surface area contributed by atoms with E-state index in [2.05, 4.69) is 27.7 Å². The Balaban J connectivity index is 1.32. The third-order valence-electron chi connectivity index (χ3n) is 6.08. The average molecular weight is 428 g/mol. The monoisotopic (exact) mass is 427 g/mol. The van der Waals surface area contributed by atoms with Crippen molar-refractivity contribution in [2.75, 3.05) is 51.4 Å². The van der Waals surface area contributed by atoms with Crippen molar-refractivity contribution in [3.05, 3.63) is 65.5 Å². The van der Waals surface area contributed by atoms with Crippen molar-refractivity contribution >= 4 is 11.6 Å². The number of morpholine rings is 1. The predicted octanol–water partition coefficient (Wildman–Crippen LogP) is 2.89. The van der Waals surface area contributed by atoms with Crippen LogP contribution >= 0.6 is 0 Å². The van der Waals surface area contributed by atoms with Crippen LogP contribution in [-0.2, 0) is 26.4 Å². The molecule has 166 valence electrons. The van der Waals surface area contributed by atoms with Gasteiger partial charge in [-0.2, -0.15) is 0 Å². The maximum absolute atomic E-state index is 13.4. The van der Waals surface area contributed by atoms with Crippen LogP contribution in [0.4, 0.5) is 10.1 Å². The minimum atomic E-state index is -0.384. The van der Waals surface area contributed by atoms with Crippen molar-refractivity contribution in [3.8, 4) is 0 Å². The summed E-state index contributed by atoms with van der Waals surface area (Å²) in [4.78, 5) is 15.0. The van der Waals surface area contributed by atoms with Gasteiger partial charge in [-0.15, -0.1) is 0 Å². The molecule has 2 fully saturated rings. The predicted molar refractivity (Wildman–Crippen MR) is 117 cm³/mol. The maximum Gasteiger partial charge on any atom is 0.238 e. The van der Waals surface area contributed by atoms with Gasteiger partial charge in [0.25, 0.3) is 0 Å². The van der Waals surface area contributed by atoms with Crippen LogP contribution in [0.5, 0.6) is 0 Å². The first-order chi connectivity index (χ1) is 15.1. The van der Waals surface area contributed by atoms with Crippen LogP contribution in [0.3, 0.4) is 0 Å². The average Bonchev–Trinajstić information content (AvgIpc) is 2.81. The number of carbonyl (C=O) groups excluding carboxylic acids is 1. The van der Waals surface area contributed by atoms with Crippen LogP contribution < -0.4 is 10.6 Å². The van der Waals surface area contributed by atoms with Crippen LogP contribution in [-0.4, -0.2) is 56.9 Å². The number of carbonyl (C=O) groups is 1. The lowest BCUT2D eigenvalue weighted by atomic mass is 9.82. The number of halogens is 1. The van der Waals surface area contributed by atoms with Gasteiger partial charge in [0.2, 0.25) is 5.91 Å². The molecule has 2 saturated heterocycles. The molecule has 0 atom stereocenters. The Bertz CT molecular complexity index is 845. The highest BCUT2D eigenvalue weighted by Gasteiger charge is 2.34. The molecule has 0 aliphatic carbocycles. The van der Waals surface area contributed by atoms with E-state index in [-0.39, 0.29) is 23.8 Å². The van der Waals surface area contributed by atoms with E-state index in [0.29, 0.717) is 13.2 Å². The Hall–Kier alpha value is -2.32. The molecule has 0 bridgehead atoms. The minimum absolute atomic E-state index is 0.103. The molecule has 6 nitrogen and oxygen atoms in total. The van der Waals surface area contributed by atoms with E-state index in [0.717, 1.165) is 56.9 Å². The molecular formula is C24H30FN3O3. The van der Waals surface area contributed by atoms with Crippen molar-refractivity contribution in [1.82, 2.24) is 10.2 Å². The molecule has 0 saturated carbocycles. The lowest BCUT2D eigenvalue weighted by Gasteiger charge is -2.38. The summed E-state index contributed by atoms with van der Waals surface area (Å²) in [7, 11) is 0.